The minimum atomic E-state index is -4.41. The van der Waals surface area contributed by atoms with Crippen molar-refractivity contribution in [3.63, 3.8) is 0 Å². The highest BCUT2D eigenvalue weighted by Gasteiger charge is 2.32. The standard InChI is InChI=1S/C15H25F3N2O3/c1-10(2)13(19-9-15(16,17)18)14(22)23-8-12(21)20-6-4-5-11(3)7-20/h10-11,13,19H,4-9H2,1-3H3/t11-,13-/m0/s1. The maximum Gasteiger partial charge on any atom is 0.401 e. The van der Waals surface area contributed by atoms with Crippen molar-refractivity contribution in [2.24, 2.45) is 11.8 Å². The first-order valence-corrected chi connectivity index (χ1v) is 7.84. The number of halogens is 3. The summed E-state index contributed by atoms with van der Waals surface area (Å²) in [5.41, 5.74) is 0. The zero-order valence-electron chi connectivity index (χ0n) is 13.8. The molecule has 134 valence electrons. The van der Waals surface area contributed by atoms with Crippen molar-refractivity contribution in [1.82, 2.24) is 10.2 Å². The van der Waals surface area contributed by atoms with Gasteiger partial charge in [-0.15, -0.1) is 0 Å². The van der Waals surface area contributed by atoms with Gasteiger partial charge in [-0.25, -0.2) is 0 Å². The fourth-order valence-corrected chi connectivity index (χ4v) is 2.55. The first kappa shape index (κ1) is 19.7. The topological polar surface area (TPSA) is 58.6 Å². The van der Waals surface area contributed by atoms with Crippen LogP contribution in [0.1, 0.15) is 33.6 Å². The van der Waals surface area contributed by atoms with Crippen LogP contribution in [0.3, 0.4) is 0 Å². The van der Waals surface area contributed by atoms with Crippen LogP contribution in [0.2, 0.25) is 0 Å². The third-order valence-electron chi connectivity index (χ3n) is 3.79. The summed E-state index contributed by atoms with van der Waals surface area (Å²) in [6.07, 6.45) is -2.45. The Morgan fingerprint density at radius 3 is 2.52 bits per heavy atom. The summed E-state index contributed by atoms with van der Waals surface area (Å²) in [6, 6.07) is -1.09. The third-order valence-corrected chi connectivity index (χ3v) is 3.79. The Labute approximate surface area is 134 Å². The van der Waals surface area contributed by atoms with Crippen molar-refractivity contribution < 1.29 is 27.5 Å². The number of ether oxygens (including phenoxy) is 1. The number of hydrogen-bond acceptors (Lipinski definition) is 4. The molecule has 0 radical (unpaired) electrons. The molecule has 0 unspecified atom stereocenters. The van der Waals surface area contributed by atoms with Gasteiger partial charge in [-0.2, -0.15) is 13.2 Å². The van der Waals surface area contributed by atoms with Crippen LogP contribution < -0.4 is 5.32 Å². The number of alkyl halides is 3. The number of carbonyl (C=O) groups is 2. The van der Waals surface area contributed by atoms with Crippen molar-refractivity contribution in [2.75, 3.05) is 26.2 Å². The lowest BCUT2D eigenvalue weighted by Crippen LogP contribution is -2.47. The zero-order chi connectivity index (χ0) is 17.6. The Hall–Kier alpha value is -1.31. The summed E-state index contributed by atoms with van der Waals surface area (Å²) in [5, 5.41) is 2.14. The minimum Gasteiger partial charge on any atom is -0.454 e. The average molecular weight is 338 g/mol. The number of piperidine rings is 1. The lowest BCUT2D eigenvalue weighted by molar-refractivity contribution is -0.157. The molecule has 1 aliphatic heterocycles. The monoisotopic (exact) mass is 338 g/mol. The summed E-state index contributed by atoms with van der Waals surface area (Å²) < 4.78 is 41.7. The molecule has 2 atom stereocenters. The van der Waals surface area contributed by atoms with Crippen LogP contribution in [0.5, 0.6) is 0 Å². The van der Waals surface area contributed by atoms with Gasteiger partial charge < -0.3 is 9.64 Å². The smallest absolute Gasteiger partial charge is 0.401 e. The van der Waals surface area contributed by atoms with Crippen LogP contribution in [0.25, 0.3) is 0 Å². The van der Waals surface area contributed by atoms with Crippen molar-refractivity contribution in [3.8, 4) is 0 Å². The van der Waals surface area contributed by atoms with Crippen LogP contribution in [-0.4, -0.2) is 55.2 Å². The minimum absolute atomic E-state index is 0.303. The number of nitrogens with one attached hydrogen (secondary N) is 1. The highest BCUT2D eigenvalue weighted by atomic mass is 19.4. The quantitative estimate of drug-likeness (QED) is 0.752. The van der Waals surface area contributed by atoms with E-state index in [1.165, 1.54) is 0 Å². The molecule has 0 aliphatic carbocycles. The first-order chi connectivity index (χ1) is 10.6. The summed E-state index contributed by atoms with van der Waals surface area (Å²) in [7, 11) is 0. The van der Waals surface area contributed by atoms with E-state index in [0.717, 1.165) is 12.8 Å². The molecule has 1 fully saturated rings. The summed E-state index contributed by atoms with van der Waals surface area (Å²) >= 11 is 0. The van der Waals surface area contributed by atoms with E-state index in [-0.39, 0.29) is 11.8 Å². The summed E-state index contributed by atoms with van der Waals surface area (Å²) in [4.78, 5) is 25.6. The van der Waals surface area contributed by atoms with Crippen molar-refractivity contribution >= 4 is 11.9 Å². The van der Waals surface area contributed by atoms with Crippen molar-refractivity contribution in [1.29, 1.82) is 0 Å². The number of nitrogens with zero attached hydrogens (tertiary/aromatic N) is 1. The van der Waals surface area contributed by atoms with Gasteiger partial charge in [0.05, 0.1) is 6.54 Å². The maximum atomic E-state index is 12.3. The number of esters is 1. The van der Waals surface area contributed by atoms with E-state index in [2.05, 4.69) is 5.32 Å². The van der Waals surface area contributed by atoms with Gasteiger partial charge >= 0.3 is 12.1 Å². The predicted octanol–water partition coefficient (Wildman–Crippen LogP) is 1.96. The van der Waals surface area contributed by atoms with Gasteiger partial charge in [0.2, 0.25) is 0 Å². The SMILES string of the molecule is CC(C)[C@H](NCC(F)(F)F)C(=O)OCC(=O)N1CCC[C@H](C)C1. The summed E-state index contributed by atoms with van der Waals surface area (Å²) in [5.74, 6) is -1.11. The molecule has 8 heteroatoms. The fraction of sp³-hybridized carbons (Fsp3) is 0.867. The van der Waals surface area contributed by atoms with E-state index in [4.69, 9.17) is 4.74 Å². The Morgan fingerprint density at radius 2 is 2.00 bits per heavy atom. The van der Waals surface area contributed by atoms with Gasteiger partial charge in [0.15, 0.2) is 6.61 Å². The normalized spacial score (nSPS) is 20.5. The largest absolute Gasteiger partial charge is 0.454 e. The molecule has 1 aliphatic rings. The van der Waals surface area contributed by atoms with E-state index < -0.39 is 31.3 Å². The predicted molar refractivity (Wildman–Crippen MR) is 78.6 cm³/mol. The van der Waals surface area contributed by atoms with E-state index >= 15 is 0 Å². The molecule has 0 aromatic rings. The van der Waals surface area contributed by atoms with Gasteiger partial charge in [-0.05, 0) is 24.7 Å². The van der Waals surface area contributed by atoms with Crippen LogP contribution >= 0.6 is 0 Å². The molecule has 0 aromatic heterocycles. The average Bonchev–Trinajstić information content (AvgIpc) is 2.43. The van der Waals surface area contributed by atoms with E-state index in [1.54, 1.807) is 18.7 Å². The molecule has 1 saturated heterocycles. The molecule has 23 heavy (non-hydrogen) atoms. The Balaban J connectivity index is 2.46. The molecule has 1 N–H and O–H groups in total. The van der Waals surface area contributed by atoms with Gasteiger partial charge in [-0.1, -0.05) is 20.8 Å². The van der Waals surface area contributed by atoms with Gasteiger partial charge in [0.1, 0.15) is 6.04 Å². The van der Waals surface area contributed by atoms with E-state index in [1.807, 2.05) is 6.92 Å². The molecule has 0 bridgehead atoms. The Bertz CT molecular complexity index is 413. The zero-order valence-corrected chi connectivity index (χ0v) is 13.8. The maximum absolute atomic E-state index is 12.3. The molecule has 0 saturated carbocycles. The number of hydrogen-bond donors (Lipinski definition) is 1. The van der Waals surface area contributed by atoms with Crippen LogP contribution in [0.4, 0.5) is 13.2 Å². The second kappa shape index (κ2) is 8.52. The molecule has 1 rings (SSSR count). The highest BCUT2D eigenvalue weighted by molar-refractivity contribution is 5.82. The van der Waals surface area contributed by atoms with Gasteiger partial charge in [0, 0.05) is 13.1 Å². The van der Waals surface area contributed by atoms with Crippen LogP contribution in [0.15, 0.2) is 0 Å². The molecule has 0 spiro atoms. The van der Waals surface area contributed by atoms with Crippen molar-refractivity contribution in [2.45, 2.75) is 45.8 Å². The Morgan fingerprint density at radius 1 is 1.35 bits per heavy atom. The Kier molecular flexibility index (Phi) is 7.31. The number of amides is 1. The second-order valence-electron chi connectivity index (χ2n) is 6.41. The molecule has 0 aromatic carbocycles. The molecular weight excluding hydrogens is 313 g/mol. The van der Waals surface area contributed by atoms with Gasteiger partial charge in [0.25, 0.3) is 5.91 Å². The second-order valence-corrected chi connectivity index (χ2v) is 6.41. The van der Waals surface area contributed by atoms with Crippen molar-refractivity contribution in [3.05, 3.63) is 0 Å². The fourth-order valence-electron chi connectivity index (χ4n) is 2.55. The number of likely N-dealkylation sites (tertiary alicyclic amines) is 1. The molecule has 1 amide bonds. The van der Waals surface area contributed by atoms with E-state index in [9.17, 15) is 22.8 Å². The van der Waals surface area contributed by atoms with Crippen LogP contribution in [-0.2, 0) is 14.3 Å². The number of rotatable bonds is 6. The van der Waals surface area contributed by atoms with Crippen LogP contribution in [0, 0.1) is 11.8 Å². The molecule has 5 nitrogen and oxygen atoms in total. The lowest BCUT2D eigenvalue weighted by Gasteiger charge is -2.31. The third kappa shape index (κ3) is 7.20. The highest BCUT2D eigenvalue weighted by Crippen LogP contribution is 2.16. The van der Waals surface area contributed by atoms with Gasteiger partial charge in [-0.3, -0.25) is 14.9 Å². The first-order valence-electron chi connectivity index (χ1n) is 7.84. The molecular formula is C15H25F3N2O3. The lowest BCUT2D eigenvalue weighted by atomic mass is 10.0. The summed E-state index contributed by atoms with van der Waals surface area (Å²) in [6.45, 7) is 4.82. The van der Waals surface area contributed by atoms with E-state index in [0.29, 0.717) is 19.0 Å². The number of carbonyl (C=O) groups excluding carboxylic acids is 2. The molecule has 1 heterocycles.